The van der Waals surface area contributed by atoms with E-state index in [2.05, 4.69) is 5.10 Å². The molecule has 4 heteroatoms. The maximum absolute atomic E-state index is 11.1. The van der Waals surface area contributed by atoms with E-state index in [0.29, 0.717) is 6.61 Å². The van der Waals surface area contributed by atoms with Gasteiger partial charge < -0.3 is 4.74 Å². The highest BCUT2D eigenvalue weighted by Gasteiger charge is 2.06. The van der Waals surface area contributed by atoms with Gasteiger partial charge in [0.25, 0.3) is 0 Å². The van der Waals surface area contributed by atoms with Crippen LogP contribution in [-0.2, 0) is 16.6 Å². The number of nitrogens with zero attached hydrogens (tertiary/aromatic N) is 2. The maximum atomic E-state index is 11.1. The average molecular weight is 208 g/mol. The van der Waals surface area contributed by atoms with Gasteiger partial charge >= 0.3 is 5.97 Å². The van der Waals surface area contributed by atoms with Gasteiger partial charge in [-0.2, -0.15) is 5.10 Å². The molecular formula is C11H16N2O2. The summed E-state index contributed by atoms with van der Waals surface area (Å²) in [5.41, 5.74) is 2.93. The number of rotatable bonds is 3. The predicted octanol–water partition coefficient (Wildman–Crippen LogP) is 1.61. The Hall–Kier alpha value is -1.58. The van der Waals surface area contributed by atoms with Crippen molar-refractivity contribution in [2.24, 2.45) is 7.05 Å². The Labute approximate surface area is 89.5 Å². The number of hydrogen-bond acceptors (Lipinski definition) is 3. The van der Waals surface area contributed by atoms with Gasteiger partial charge in [-0.1, -0.05) is 0 Å². The first kappa shape index (κ1) is 11.5. The summed E-state index contributed by atoms with van der Waals surface area (Å²) < 4.78 is 6.59. The molecule has 0 N–H and O–H groups in total. The van der Waals surface area contributed by atoms with E-state index in [1.807, 2.05) is 20.9 Å². The second-order valence-electron chi connectivity index (χ2n) is 3.29. The van der Waals surface area contributed by atoms with Crippen LogP contribution in [0.5, 0.6) is 0 Å². The zero-order valence-electron chi connectivity index (χ0n) is 9.57. The van der Waals surface area contributed by atoms with Crippen LogP contribution in [0.2, 0.25) is 0 Å². The zero-order chi connectivity index (χ0) is 11.4. The van der Waals surface area contributed by atoms with Crippen molar-refractivity contribution in [1.29, 1.82) is 0 Å². The minimum Gasteiger partial charge on any atom is -0.463 e. The Morgan fingerprint density at radius 1 is 1.53 bits per heavy atom. The zero-order valence-corrected chi connectivity index (χ0v) is 9.57. The Morgan fingerprint density at radius 3 is 2.67 bits per heavy atom. The summed E-state index contributed by atoms with van der Waals surface area (Å²) in [7, 11) is 1.88. The third-order valence-corrected chi connectivity index (χ3v) is 2.24. The van der Waals surface area contributed by atoms with E-state index >= 15 is 0 Å². The molecule has 0 bridgehead atoms. The number of carbonyl (C=O) groups is 1. The highest BCUT2D eigenvalue weighted by molar-refractivity contribution is 5.87. The van der Waals surface area contributed by atoms with Gasteiger partial charge in [0.2, 0.25) is 0 Å². The Balaban J connectivity index is 2.84. The van der Waals surface area contributed by atoms with Crippen molar-refractivity contribution in [2.75, 3.05) is 6.61 Å². The number of hydrogen-bond donors (Lipinski definition) is 0. The SMILES string of the molecule is CCOC(=O)/C=C\c1c(C)nn(C)c1C. The molecule has 0 aliphatic rings. The molecule has 0 amide bonds. The molecular weight excluding hydrogens is 192 g/mol. The molecule has 0 radical (unpaired) electrons. The van der Waals surface area contributed by atoms with Crippen molar-refractivity contribution < 1.29 is 9.53 Å². The van der Waals surface area contributed by atoms with Gasteiger partial charge in [0, 0.05) is 24.4 Å². The van der Waals surface area contributed by atoms with E-state index in [1.54, 1.807) is 17.7 Å². The fraction of sp³-hybridized carbons (Fsp3) is 0.455. The molecule has 0 aromatic carbocycles. The topological polar surface area (TPSA) is 44.1 Å². The summed E-state index contributed by atoms with van der Waals surface area (Å²) in [6.45, 7) is 6.06. The lowest BCUT2D eigenvalue weighted by atomic mass is 10.2. The Morgan fingerprint density at radius 2 is 2.20 bits per heavy atom. The van der Waals surface area contributed by atoms with Crippen molar-refractivity contribution in [3.05, 3.63) is 23.0 Å². The number of esters is 1. The summed E-state index contributed by atoms with van der Waals surface area (Å²) >= 11 is 0. The van der Waals surface area contributed by atoms with Crippen LogP contribution in [0.25, 0.3) is 6.08 Å². The first-order valence-corrected chi connectivity index (χ1v) is 4.91. The van der Waals surface area contributed by atoms with Gasteiger partial charge in [0.15, 0.2) is 0 Å². The van der Waals surface area contributed by atoms with Crippen molar-refractivity contribution in [3.8, 4) is 0 Å². The smallest absolute Gasteiger partial charge is 0.330 e. The largest absolute Gasteiger partial charge is 0.463 e. The second-order valence-corrected chi connectivity index (χ2v) is 3.29. The lowest BCUT2D eigenvalue weighted by Crippen LogP contribution is -1.98. The van der Waals surface area contributed by atoms with Gasteiger partial charge in [0.05, 0.1) is 12.3 Å². The van der Waals surface area contributed by atoms with E-state index in [9.17, 15) is 4.79 Å². The minimum absolute atomic E-state index is 0.319. The summed E-state index contributed by atoms with van der Waals surface area (Å²) in [6, 6.07) is 0. The van der Waals surface area contributed by atoms with Crippen LogP contribution < -0.4 is 0 Å². The molecule has 1 rings (SSSR count). The summed E-state index contributed by atoms with van der Waals surface area (Å²) in [5, 5.41) is 4.25. The number of ether oxygens (including phenoxy) is 1. The van der Waals surface area contributed by atoms with Gasteiger partial charge in [-0.05, 0) is 26.8 Å². The van der Waals surface area contributed by atoms with Gasteiger partial charge in [0.1, 0.15) is 0 Å². The molecule has 0 unspecified atom stereocenters. The van der Waals surface area contributed by atoms with Gasteiger partial charge in [-0.25, -0.2) is 4.79 Å². The average Bonchev–Trinajstić information content (AvgIpc) is 2.40. The highest BCUT2D eigenvalue weighted by Crippen LogP contribution is 2.13. The van der Waals surface area contributed by atoms with E-state index in [4.69, 9.17) is 4.74 Å². The lowest BCUT2D eigenvalue weighted by molar-refractivity contribution is -0.137. The summed E-state index contributed by atoms with van der Waals surface area (Å²) in [6.07, 6.45) is 3.18. The van der Waals surface area contributed by atoms with E-state index in [0.717, 1.165) is 17.0 Å². The molecule has 4 nitrogen and oxygen atoms in total. The lowest BCUT2D eigenvalue weighted by Gasteiger charge is -1.96. The normalized spacial score (nSPS) is 10.9. The molecule has 82 valence electrons. The van der Waals surface area contributed by atoms with Crippen molar-refractivity contribution >= 4 is 12.0 Å². The third kappa shape index (κ3) is 2.68. The summed E-state index contributed by atoms with van der Waals surface area (Å²) in [4.78, 5) is 11.1. The molecule has 1 heterocycles. The summed E-state index contributed by atoms with van der Waals surface area (Å²) in [5.74, 6) is -0.319. The van der Waals surface area contributed by atoms with E-state index in [1.165, 1.54) is 6.08 Å². The predicted molar refractivity (Wildman–Crippen MR) is 58.3 cm³/mol. The molecule has 0 fully saturated rings. The third-order valence-electron chi connectivity index (χ3n) is 2.24. The molecule has 1 aromatic heterocycles. The van der Waals surface area contributed by atoms with E-state index < -0.39 is 0 Å². The second kappa shape index (κ2) is 4.77. The van der Waals surface area contributed by atoms with Crippen LogP contribution in [-0.4, -0.2) is 22.4 Å². The minimum atomic E-state index is -0.319. The Bertz CT molecular complexity index is 392. The van der Waals surface area contributed by atoms with Crippen LogP contribution in [0.15, 0.2) is 6.08 Å². The highest BCUT2D eigenvalue weighted by atomic mass is 16.5. The first-order chi connectivity index (χ1) is 7.06. The fourth-order valence-electron chi connectivity index (χ4n) is 1.37. The molecule has 0 spiro atoms. The molecule has 15 heavy (non-hydrogen) atoms. The van der Waals surface area contributed by atoms with Crippen LogP contribution in [0.4, 0.5) is 0 Å². The van der Waals surface area contributed by atoms with Crippen molar-refractivity contribution in [3.63, 3.8) is 0 Å². The molecule has 0 aliphatic carbocycles. The monoisotopic (exact) mass is 208 g/mol. The van der Waals surface area contributed by atoms with Crippen molar-refractivity contribution in [2.45, 2.75) is 20.8 Å². The van der Waals surface area contributed by atoms with Gasteiger partial charge in [-0.3, -0.25) is 4.68 Å². The van der Waals surface area contributed by atoms with Crippen molar-refractivity contribution in [1.82, 2.24) is 9.78 Å². The molecule has 0 atom stereocenters. The molecule has 1 aromatic rings. The van der Waals surface area contributed by atoms with Gasteiger partial charge in [-0.15, -0.1) is 0 Å². The molecule has 0 saturated heterocycles. The first-order valence-electron chi connectivity index (χ1n) is 4.91. The fourth-order valence-corrected chi connectivity index (χ4v) is 1.37. The molecule has 0 aliphatic heterocycles. The van der Waals surface area contributed by atoms with Crippen LogP contribution in [0.1, 0.15) is 23.9 Å². The van der Waals surface area contributed by atoms with Crippen LogP contribution in [0, 0.1) is 13.8 Å². The standard InChI is InChI=1S/C11H16N2O2/c1-5-15-11(14)7-6-10-8(2)12-13(4)9(10)3/h6-7H,5H2,1-4H3/b7-6-. The van der Waals surface area contributed by atoms with E-state index in [-0.39, 0.29) is 5.97 Å². The van der Waals surface area contributed by atoms with Crippen LogP contribution in [0.3, 0.4) is 0 Å². The number of carbonyl (C=O) groups excluding carboxylic acids is 1. The molecule has 0 saturated carbocycles. The number of aromatic nitrogens is 2. The van der Waals surface area contributed by atoms with Crippen LogP contribution >= 0.6 is 0 Å². The quantitative estimate of drug-likeness (QED) is 0.560. The maximum Gasteiger partial charge on any atom is 0.330 e. The number of aryl methyl sites for hydroxylation is 2. The Kier molecular flexibility index (Phi) is 3.66.